The molecule has 2 rings (SSSR count). The number of alkyl halides is 3. The van der Waals surface area contributed by atoms with Crippen LogP contribution in [0.15, 0.2) is 22.4 Å². The first-order valence-corrected chi connectivity index (χ1v) is 6.64. The summed E-state index contributed by atoms with van der Waals surface area (Å²) in [5, 5.41) is 0.0823. The fraction of sp³-hybridized carbons (Fsp3) is 0.692. The first kappa shape index (κ1) is 14.7. The number of hydrogen-bond acceptors (Lipinski definition) is 2. The Morgan fingerprint density at radius 3 is 2.58 bits per heavy atom. The Morgan fingerprint density at radius 1 is 1.42 bits per heavy atom. The third-order valence-electron chi connectivity index (χ3n) is 3.78. The SMILES string of the molecule is CC1C2=C(OCN(C(C)C)C2)C(Cl)=CC1C(F)(F)F. The van der Waals surface area contributed by atoms with Crippen LogP contribution >= 0.6 is 11.6 Å². The van der Waals surface area contributed by atoms with Crippen molar-refractivity contribution in [2.24, 2.45) is 11.8 Å². The zero-order valence-corrected chi connectivity index (χ0v) is 11.8. The summed E-state index contributed by atoms with van der Waals surface area (Å²) in [4.78, 5) is 1.98. The lowest BCUT2D eigenvalue weighted by atomic mass is 9.81. The molecule has 0 aromatic heterocycles. The van der Waals surface area contributed by atoms with Crippen LogP contribution in [0.4, 0.5) is 13.2 Å². The van der Waals surface area contributed by atoms with Gasteiger partial charge >= 0.3 is 6.18 Å². The van der Waals surface area contributed by atoms with Crippen LogP contribution in [-0.2, 0) is 4.74 Å². The lowest BCUT2D eigenvalue weighted by Crippen LogP contribution is -2.43. The van der Waals surface area contributed by atoms with Crippen molar-refractivity contribution in [3.63, 3.8) is 0 Å². The van der Waals surface area contributed by atoms with Gasteiger partial charge in [-0.15, -0.1) is 0 Å². The number of halogens is 4. The van der Waals surface area contributed by atoms with Crippen LogP contribution in [0, 0.1) is 11.8 Å². The van der Waals surface area contributed by atoms with Gasteiger partial charge in [0.1, 0.15) is 12.5 Å². The van der Waals surface area contributed by atoms with E-state index in [9.17, 15) is 13.2 Å². The van der Waals surface area contributed by atoms with Gasteiger partial charge in [0.15, 0.2) is 0 Å². The lowest BCUT2D eigenvalue weighted by molar-refractivity contribution is -0.171. The van der Waals surface area contributed by atoms with E-state index in [1.807, 2.05) is 18.7 Å². The lowest BCUT2D eigenvalue weighted by Gasteiger charge is -2.39. The van der Waals surface area contributed by atoms with Crippen LogP contribution in [0.3, 0.4) is 0 Å². The molecule has 0 bridgehead atoms. The third-order valence-corrected chi connectivity index (χ3v) is 4.08. The van der Waals surface area contributed by atoms with Gasteiger partial charge in [0.05, 0.1) is 11.0 Å². The second kappa shape index (κ2) is 5.02. The van der Waals surface area contributed by atoms with Crippen molar-refractivity contribution >= 4 is 11.6 Å². The number of rotatable bonds is 1. The number of hydrogen-bond donors (Lipinski definition) is 0. The van der Waals surface area contributed by atoms with E-state index in [1.165, 1.54) is 0 Å². The van der Waals surface area contributed by atoms with Gasteiger partial charge in [0.2, 0.25) is 0 Å². The molecule has 0 aromatic carbocycles. The third kappa shape index (κ3) is 2.77. The normalized spacial score (nSPS) is 29.2. The van der Waals surface area contributed by atoms with Crippen LogP contribution < -0.4 is 0 Å². The topological polar surface area (TPSA) is 12.5 Å². The van der Waals surface area contributed by atoms with Crippen LogP contribution in [0.2, 0.25) is 0 Å². The predicted octanol–water partition coefficient (Wildman–Crippen LogP) is 3.89. The molecule has 108 valence electrons. The standard InChI is InChI=1S/C13H17ClF3NO/c1-7(2)18-5-9-8(3)10(13(15,16)17)4-11(14)12(9)19-6-18/h4,7-8,10H,5-6H2,1-3H3. The van der Waals surface area contributed by atoms with Gasteiger partial charge in [-0.05, 0) is 31.4 Å². The van der Waals surface area contributed by atoms with Crippen molar-refractivity contribution < 1.29 is 17.9 Å². The smallest absolute Gasteiger partial charge is 0.395 e. The highest BCUT2D eigenvalue weighted by atomic mass is 35.5. The van der Waals surface area contributed by atoms with Crippen molar-refractivity contribution in [3.05, 3.63) is 22.4 Å². The summed E-state index contributed by atoms with van der Waals surface area (Å²) in [6.45, 7) is 6.40. The molecule has 1 aliphatic heterocycles. The molecular formula is C13H17ClF3NO. The van der Waals surface area contributed by atoms with Crippen LogP contribution in [-0.4, -0.2) is 30.4 Å². The number of nitrogens with zero attached hydrogens (tertiary/aromatic N) is 1. The zero-order chi connectivity index (χ0) is 14.4. The first-order chi connectivity index (χ1) is 8.71. The first-order valence-electron chi connectivity index (χ1n) is 6.26. The molecule has 1 aliphatic carbocycles. The van der Waals surface area contributed by atoms with E-state index in [0.717, 1.165) is 6.08 Å². The molecule has 19 heavy (non-hydrogen) atoms. The van der Waals surface area contributed by atoms with E-state index < -0.39 is 18.0 Å². The Labute approximate surface area is 115 Å². The summed E-state index contributed by atoms with van der Waals surface area (Å²) < 4.78 is 44.5. The fourth-order valence-electron chi connectivity index (χ4n) is 2.45. The quantitative estimate of drug-likeness (QED) is 0.728. The summed E-state index contributed by atoms with van der Waals surface area (Å²) >= 11 is 5.94. The molecule has 2 unspecified atom stereocenters. The Kier molecular flexibility index (Phi) is 3.89. The van der Waals surface area contributed by atoms with Crippen molar-refractivity contribution in [1.82, 2.24) is 4.90 Å². The fourth-order valence-corrected chi connectivity index (χ4v) is 2.77. The maximum absolute atomic E-state index is 13.0. The minimum absolute atomic E-state index is 0.0823. The van der Waals surface area contributed by atoms with Crippen LogP contribution in [0.5, 0.6) is 0 Å². The molecule has 0 amide bonds. The molecule has 2 atom stereocenters. The molecule has 0 radical (unpaired) electrons. The summed E-state index contributed by atoms with van der Waals surface area (Å²) in [7, 11) is 0. The molecule has 0 saturated heterocycles. The average Bonchev–Trinajstić information content (AvgIpc) is 2.31. The van der Waals surface area contributed by atoms with Gasteiger partial charge in [-0.3, -0.25) is 4.90 Å². The average molecular weight is 296 g/mol. The minimum atomic E-state index is -4.28. The van der Waals surface area contributed by atoms with E-state index in [4.69, 9.17) is 16.3 Å². The van der Waals surface area contributed by atoms with Gasteiger partial charge in [-0.1, -0.05) is 18.5 Å². The molecule has 0 aromatic rings. The molecule has 2 nitrogen and oxygen atoms in total. The highest BCUT2D eigenvalue weighted by molar-refractivity contribution is 6.31. The van der Waals surface area contributed by atoms with Crippen LogP contribution in [0.25, 0.3) is 0 Å². The maximum Gasteiger partial charge on any atom is 0.395 e. The monoisotopic (exact) mass is 295 g/mol. The molecule has 1 heterocycles. The van der Waals surface area contributed by atoms with Gasteiger partial charge in [0, 0.05) is 12.6 Å². The molecule has 0 saturated carbocycles. The summed E-state index contributed by atoms with van der Waals surface area (Å²) in [6, 6.07) is 0.218. The van der Waals surface area contributed by atoms with E-state index in [-0.39, 0.29) is 11.1 Å². The maximum atomic E-state index is 13.0. The second-order valence-electron chi connectivity index (χ2n) is 5.34. The zero-order valence-electron chi connectivity index (χ0n) is 11.1. The Hall–Kier alpha value is -0.680. The van der Waals surface area contributed by atoms with Gasteiger partial charge < -0.3 is 4.74 Å². The molecule has 6 heteroatoms. The van der Waals surface area contributed by atoms with Crippen molar-refractivity contribution in [2.75, 3.05) is 13.3 Å². The second-order valence-corrected chi connectivity index (χ2v) is 5.75. The largest absolute Gasteiger partial charge is 0.477 e. The molecular weight excluding hydrogens is 279 g/mol. The Bertz CT molecular complexity index is 428. The Morgan fingerprint density at radius 2 is 2.05 bits per heavy atom. The minimum Gasteiger partial charge on any atom is -0.477 e. The summed E-state index contributed by atoms with van der Waals surface area (Å²) in [5.41, 5.74) is 0.648. The number of ether oxygens (including phenoxy) is 1. The molecule has 0 spiro atoms. The van der Waals surface area contributed by atoms with Crippen molar-refractivity contribution in [3.8, 4) is 0 Å². The van der Waals surface area contributed by atoms with E-state index in [0.29, 0.717) is 24.6 Å². The van der Waals surface area contributed by atoms with Gasteiger partial charge in [-0.2, -0.15) is 13.2 Å². The van der Waals surface area contributed by atoms with Gasteiger partial charge in [-0.25, -0.2) is 0 Å². The molecule has 2 aliphatic rings. The van der Waals surface area contributed by atoms with E-state index >= 15 is 0 Å². The molecule has 0 fully saturated rings. The summed E-state index contributed by atoms with van der Waals surface area (Å²) in [5.74, 6) is -1.74. The highest BCUT2D eigenvalue weighted by Crippen LogP contribution is 2.45. The van der Waals surface area contributed by atoms with Gasteiger partial charge in [0.25, 0.3) is 0 Å². The van der Waals surface area contributed by atoms with E-state index in [1.54, 1.807) is 6.92 Å². The van der Waals surface area contributed by atoms with Crippen molar-refractivity contribution in [1.29, 1.82) is 0 Å². The summed E-state index contributed by atoms with van der Waals surface area (Å²) in [6.07, 6.45) is -3.21. The Balaban J connectivity index is 2.32. The van der Waals surface area contributed by atoms with E-state index in [2.05, 4.69) is 0 Å². The van der Waals surface area contributed by atoms with Crippen LogP contribution in [0.1, 0.15) is 20.8 Å². The number of allylic oxidation sites excluding steroid dienone is 2. The highest BCUT2D eigenvalue weighted by Gasteiger charge is 2.47. The molecule has 0 N–H and O–H groups in total. The predicted molar refractivity (Wildman–Crippen MR) is 67.5 cm³/mol. The van der Waals surface area contributed by atoms with Crippen molar-refractivity contribution in [2.45, 2.75) is 33.0 Å².